The summed E-state index contributed by atoms with van der Waals surface area (Å²) in [5, 5.41) is 11.6. The van der Waals surface area contributed by atoms with Gasteiger partial charge in [0.05, 0.1) is 6.42 Å². The summed E-state index contributed by atoms with van der Waals surface area (Å²) in [6, 6.07) is 15.5. The average molecular weight is 392 g/mol. The highest BCUT2D eigenvalue weighted by Crippen LogP contribution is 2.58. The third-order valence-electron chi connectivity index (χ3n) is 6.05. The fourth-order valence-corrected chi connectivity index (χ4v) is 4.40. The van der Waals surface area contributed by atoms with Gasteiger partial charge in [-0.3, -0.25) is 14.4 Å². The van der Waals surface area contributed by atoms with E-state index in [1.54, 1.807) is 29.2 Å². The smallest absolute Gasteiger partial charge is 0.311 e. The van der Waals surface area contributed by atoms with E-state index >= 15 is 0 Å². The third kappa shape index (κ3) is 3.88. The van der Waals surface area contributed by atoms with Gasteiger partial charge in [-0.15, -0.1) is 0 Å². The van der Waals surface area contributed by atoms with Crippen molar-refractivity contribution in [3.05, 3.63) is 70.8 Å². The lowest BCUT2D eigenvalue weighted by molar-refractivity contribution is -0.145. The fraction of sp³-hybridized carbons (Fsp3) is 0.348. The summed E-state index contributed by atoms with van der Waals surface area (Å²) < 4.78 is 0. The van der Waals surface area contributed by atoms with E-state index in [1.165, 1.54) is 11.1 Å². The van der Waals surface area contributed by atoms with Crippen molar-refractivity contribution in [2.24, 2.45) is 5.92 Å². The average Bonchev–Trinajstić information content (AvgIpc) is 3.26. The molecule has 2 aromatic carbocycles. The molecule has 2 fully saturated rings. The van der Waals surface area contributed by atoms with E-state index in [1.807, 2.05) is 0 Å². The first-order chi connectivity index (χ1) is 13.9. The number of hydrogen-bond acceptors (Lipinski definition) is 3. The number of carbonyl (C=O) groups is 3. The minimum absolute atomic E-state index is 0.00873. The van der Waals surface area contributed by atoms with Gasteiger partial charge in [-0.25, -0.2) is 0 Å². The van der Waals surface area contributed by atoms with Crippen molar-refractivity contribution in [3.63, 3.8) is 0 Å². The van der Waals surface area contributed by atoms with E-state index < -0.39 is 17.8 Å². The molecule has 6 heteroatoms. The Labute approximate surface area is 169 Å². The Hall–Kier alpha value is -3.15. The van der Waals surface area contributed by atoms with Crippen LogP contribution >= 0.6 is 0 Å². The minimum atomic E-state index is -0.906. The maximum Gasteiger partial charge on any atom is 0.311 e. The van der Waals surface area contributed by atoms with E-state index in [9.17, 15) is 14.4 Å². The topological polar surface area (TPSA) is 86.7 Å². The molecule has 1 saturated heterocycles. The van der Waals surface area contributed by atoms with Crippen LogP contribution in [-0.2, 0) is 32.8 Å². The van der Waals surface area contributed by atoms with Crippen LogP contribution in [0.3, 0.4) is 0 Å². The highest BCUT2D eigenvalue weighted by Gasteiger charge is 2.61. The monoisotopic (exact) mass is 392 g/mol. The molecule has 1 aliphatic heterocycles. The Morgan fingerprint density at radius 2 is 1.86 bits per heavy atom. The Morgan fingerprint density at radius 1 is 1.14 bits per heavy atom. The van der Waals surface area contributed by atoms with Gasteiger partial charge in [-0.2, -0.15) is 0 Å². The first kappa shape index (κ1) is 19.2. The molecule has 2 aliphatic rings. The Morgan fingerprint density at radius 3 is 2.59 bits per heavy atom. The molecule has 0 radical (unpaired) electrons. The molecule has 2 amide bonds. The second-order valence-electron chi connectivity index (χ2n) is 8.18. The van der Waals surface area contributed by atoms with Crippen molar-refractivity contribution < 1.29 is 19.5 Å². The van der Waals surface area contributed by atoms with Crippen LogP contribution in [0.4, 0.5) is 0 Å². The zero-order valence-electron chi connectivity index (χ0n) is 16.4. The summed E-state index contributed by atoms with van der Waals surface area (Å²) in [5.74, 6) is -1.59. The zero-order chi connectivity index (χ0) is 20.6. The van der Waals surface area contributed by atoms with Crippen LogP contribution < -0.4 is 5.32 Å². The third-order valence-corrected chi connectivity index (χ3v) is 6.05. The second kappa shape index (κ2) is 7.35. The quantitative estimate of drug-likeness (QED) is 0.763. The predicted octanol–water partition coefficient (Wildman–Crippen LogP) is 2.04. The van der Waals surface area contributed by atoms with Crippen molar-refractivity contribution >= 4 is 17.8 Å². The standard InChI is InChI=1S/C23H24N2O4/c1-15-5-7-18(8-6-15)23-11-19(23)13-25(14-23)22(29)21(28)24-12-17-4-2-3-16(9-17)10-20(26)27/h2-9,19H,10-14H2,1H3,(H,24,28)(H,26,27)/t19-,23+/m0/s1. The number of rotatable bonds is 5. The Balaban J connectivity index is 1.34. The highest BCUT2D eigenvalue weighted by molar-refractivity contribution is 6.35. The van der Waals surface area contributed by atoms with Crippen LogP contribution in [0.15, 0.2) is 48.5 Å². The number of likely N-dealkylation sites (tertiary alicyclic amines) is 1. The fourth-order valence-electron chi connectivity index (χ4n) is 4.40. The lowest BCUT2D eigenvalue weighted by Crippen LogP contribution is -2.43. The Bertz CT molecular complexity index is 969. The summed E-state index contributed by atoms with van der Waals surface area (Å²) >= 11 is 0. The maximum absolute atomic E-state index is 12.6. The molecular formula is C23H24N2O4. The number of nitrogens with one attached hydrogen (secondary N) is 1. The van der Waals surface area contributed by atoms with E-state index in [-0.39, 0.29) is 18.4 Å². The van der Waals surface area contributed by atoms with Gasteiger partial charge in [0.25, 0.3) is 0 Å². The normalized spacial score (nSPS) is 22.1. The second-order valence-corrected chi connectivity index (χ2v) is 8.18. The van der Waals surface area contributed by atoms with Crippen LogP contribution in [0.5, 0.6) is 0 Å². The number of fused-ring (bicyclic) bond motifs is 1. The number of carboxylic acid groups (broad SMARTS) is 1. The number of carboxylic acids is 1. The van der Waals surface area contributed by atoms with E-state index in [0.29, 0.717) is 24.6 Å². The molecular weight excluding hydrogens is 368 g/mol. The molecule has 150 valence electrons. The van der Waals surface area contributed by atoms with Crippen molar-refractivity contribution in [2.75, 3.05) is 13.1 Å². The maximum atomic E-state index is 12.6. The number of amides is 2. The van der Waals surface area contributed by atoms with Gasteiger partial charge in [-0.1, -0.05) is 54.1 Å². The van der Waals surface area contributed by atoms with Gasteiger partial charge in [-0.05, 0) is 36.0 Å². The van der Waals surface area contributed by atoms with Gasteiger partial charge >= 0.3 is 17.8 Å². The number of nitrogens with zero attached hydrogens (tertiary/aromatic N) is 1. The molecule has 4 rings (SSSR count). The van der Waals surface area contributed by atoms with Crippen molar-refractivity contribution in [3.8, 4) is 0 Å². The van der Waals surface area contributed by atoms with E-state index in [2.05, 4.69) is 36.5 Å². The van der Waals surface area contributed by atoms with E-state index in [0.717, 1.165) is 12.0 Å². The summed E-state index contributed by atoms with van der Waals surface area (Å²) in [7, 11) is 0. The molecule has 0 bridgehead atoms. The summed E-state index contributed by atoms with van der Waals surface area (Å²) in [5.41, 5.74) is 3.90. The van der Waals surface area contributed by atoms with E-state index in [4.69, 9.17) is 5.11 Å². The SMILES string of the molecule is Cc1ccc([C@]23C[C@H]2CN(C(=O)C(=O)NCc2cccc(CC(=O)O)c2)C3)cc1. The highest BCUT2D eigenvalue weighted by atomic mass is 16.4. The molecule has 6 nitrogen and oxygen atoms in total. The molecule has 0 aromatic heterocycles. The first-order valence-corrected chi connectivity index (χ1v) is 9.81. The summed E-state index contributed by atoms with van der Waals surface area (Å²) in [4.78, 5) is 37.5. The molecule has 1 heterocycles. The molecule has 29 heavy (non-hydrogen) atoms. The van der Waals surface area contributed by atoms with Gasteiger partial charge in [0.2, 0.25) is 0 Å². The predicted molar refractivity (Wildman–Crippen MR) is 107 cm³/mol. The lowest BCUT2D eigenvalue weighted by atomic mass is 9.94. The number of aryl methyl sites for hydroxylation is 1. The van der Waals surface area contributed by atoms with Gasteiger partial charge < -0.3 is 15.3 Å². The molecule has 1 saturated carbocycles. The number of hydrogen-bond donors (Lipinski definition) is 2. The molecule has 0 spiro atoms. The lowest BCUT2D eigenvalue weighted by Gasteiger charge is -2.21. The van der Waals surface area contributed by atoms with Crippen LogP contribution in [0, 0.1) is 12.8 Å². The molecule has 0 unspecified atom stereocenters. The number of carbonyl (C=O) groups excluding carboxylic acids is 2. The number of aliphatic carboxylic acids is 1. The van der Waals surface area contributed by atoms with Crippen LogP contribution in [0.25, 0.3) is 0 Å². The minimum Gasteiger partial charge on any atom is -0.481 e. The molecule has 1 aliphatic carbocycles. The summed E-state index contributed by atoms with van der Waals surface area (Å²) in [6.45, 7) is 3.45. The number of piperidine rings is 1. The largest absolute Gasteiger partial charge is 0.481 e. The summed E-state index contributed by atoms with van der Waals surface area (Å²) in [6.07, 6.45) is 0.995. The van der Waals surface area contributed by atoms with Gasteiger partial charge in [0.1, 0.15) is 0 Å². The van der Waals surface area contributed by atoms with Crippen molar-refractivity contribution in [1.82, 2.24) is 10.2 Å². The zero-order valence-corrected chi connectivity index (χ0v) is 16.4. The Kier molecular flexibility index (Phi) is 4.86. The van der Waals surface area contributed by atoms with Crippen LogP contribution in [-0.4, -0.2) is 40.9 Å². The molecule has 2 atom stereocenters. The first-order valence-electron chi connectivity index (χ1n) is 9.81. The van der Waals surface area contributed by atoms with Crippen LogP contribution in [0.2, 0.25) is 0 Å². The van der Waals surface area contributed by atoms with Crippen LogP contribution in [0.1, 0.15) is 28.7 Å². The van der Waals surface area contributed by atoms with Crippen molar-refractivity contribution in [1.29, 1.82) is 0 Å². The molecule has 2 aromatic rings. The number of benzene rings is 2. The molecule has 2 N–H and O–H groups in total. The van der Waals surface area contributed by atoms with Gasteiger partial charge in [0, 0.05) is 25.0 Å². The van der Waals surface area contributed by atoms with Gasteiger partial charge in [0.15, 0.2) is 0 Å². The van der Waals surface area contributed by atoms with Crippen molar-refractivity contribution in [2.45, 2.75) is 31.7 Å².